The van der Waals surface area contributed by atoms with Gasteiger partial charge in [-0.15, -0.1) is 0 Å². The molecule has 71 heavy (non-hydrogen) atoms. The molecule has 11 aromatic carbocycles. The van der Waals surface area contributed by atoms with Crippen LogP contribution in [0.1, 0.15) is 47.2 Å². The fraction of sp³-hybridized carbons (Fsp3) is 0.0571. The van der Waals surface area contributed by atoms with Crippen molar-refractivity contribution in [2.24, 2.45) is 0 Å². The van der Waals surface area contributed by atoms with Crippen LogP contribution in [0.15, 0.2) is 261 Å². The fourth-order valence-corrected chi connectivity index (χ4v) is 12.8. The monoisotopic (exact) mass is 903 g/mol. The molecule has 0 amide bonds. The first-order valence-corrected chi connectivity index (χ1v) is 24.9. The highest BCUT2D eigenvalue weighted by Crippen LogP contribution is 2.63. The molecule has 0 bridgehead atoms. The molecule has 0 aromatic heterocycles. The Hall–Kier alpha value is -8.78. The van der Waals surface area contributed by atoms with E-state index >= 15 is 0 Å². The van der Waals surface area contributed by atoms with Gasteiger partial charge in [0.2, 0.25) is 0 Å². The summed E-state index contributed by atoms with van der Waals surface area (Å²) < 4.78 is 0. The van der Waals surface area contributed by atoms with Crippen LogP contribution >= 0.6 is 0 Å². The summed E-state index contributed by atoms with van der Waals surface area (Å²) in [6, 6.07) is 97.3. The van der Waals surface area contributed by atoms with Crippen LogP contribution < -0.4 is 4.90 Å². The maximum atomic E-state index is 2.54. The van der Waals surface area contributed by atoms with Crippen molar-refractivity contribution in [3.05, 3.63) is 294 Å². The largest absolute Gasteiger partial charge is 0.309 e. The summed E-state index contributed by atoms with van der Waals surface area (Å²) in [5.41, 5.74) is 28.3. The Morgan fingerprint density at radius 1 is 0.239 bits per heavy atom. The van der Waals surface area contributed by atoms with Gasteiger partial charge < -0.3 is 4.90 Å². The summed E-state index contributed by atoms with van der Waals surface area (Å²) in [6.07, 6.45) is 0. The van der Waals surface area contributed by atoms with E-state index in [-0.39, 0.29) is 5.41 Å². The Morgan fingerprint density at radius 3 is 1.23 bits per heavy atom. The normalized spacial score (nSPS) is 13.7. The van der Waals surface area contributed by atoms with Gasteiger partial charge in [0.25, 0.3) is 0 Å². The van der Waals surface area contributed by atoms with Crippen LogP contribution in [0.5, 0.6) is 0 Å². The first-order valence-electron chi connectivity index (χ1n) is 24.9. The molecule has 11 aromatic rings. The summed E-state index contributed by atoms with van der Waals surface area (Å²) in [6.45, 7) is 4.74. The van der Waals surface area contributed by atoms with Gasteiger partial charge in [-0.25, -0.2) is 0 Å². The number of hydrogen-bond acceptors (Lipinski definition) is 1. The van der Waals surface area contributed by atoms with Crippen molar-refractivity contribution in [1.82, 2.24) is 0 Å². The van der Waals surface area contributed by atoms with Crippen molar-refractivity contribution in [2.45, 2.75) is 24.7 Å². The average Bonchev–Trinajstić information content (AvgIpc) is 4.00. The van der Waals surface area contributed by atoms with Crippen LogP contribution in [0, 0.1) is 0 Å². The maximum absolute atomic E-state index is 2.54. The first kappa shape index (κ1) is 41.2. The lowest BCUT2D eigenvalue weighted by molar-refractivity contribution is 0.660. The van der Waals surface area contributed by atoms with Crippen molar-refractivity contribution >= 4 is 17.1 Å². The summed E-state index contributed by atoms with van der Waals surface area (Å²) in [5, 5.41) is 0. The Balaban J connectivity index is 0.999. The Kier molecular flexibility index (Phi) is 9.22. The zero-order chi connectivity index (χ0) is 47.3. The number of anilines is 3. The first-order chi connectivity index (χ1) is 35.0. The molecular weight excluding hydrogens is 855 g/mol. The van der Waals surface area contributed by atoms with Gasteiger partial charge in [0, 0.05) is 22.1 Å². The summed E-state index contributed by atoms with van der Waals surface area (Å²) in [5.74, 6) is 0. The quantitative estimate of drug-likeness (QED) is 0.154. The molecule has 0 N–H and O–H groups in total. The van der Waals surface area contributed by atoms with Crippen LogP contribution in [0.4, 0.5) is 17.1 Å². The summed E-state index contributed by atoms with van der Waals surface area (Å²) >= 11 is 0. The van der Waals surface area contributed by atoms with E-state index in [1.807, 2.05) is 0 Å². The topological polar surface area (TPSA) is 3.24 Å². The molecule has 0 atom stereocenters. The van der Waals surface area contributed by atoms with Gasteiger partial charge in [-0.05, 0) is 119 Å². The fourth-order valence-electron chi connectivity index (χ4n) is 12.8. The number of nitrogens with zero attached hydrogens (tertiary/aromatic N) is 1. The predicted octanol–water partition coefficient (Wildman–Crippen LogP) is 18.5. The van der Waals surface area contributed by atoms with Crippen molar-refractivity contribution in [3.8, 4) is 77.9 Å². The predicted molar refractivity (Wildman–Crippen MR) is 297 cm³/mol. The number of hydrogen-bond donors (Lipinski definition) is 0. The second kappa shape index (κ2) is 15.9. The van der Waals surface area contributed by atoms with E-state index < -0.39 is 5.41 Å². The summed E-state index contributed by atoms with van der Waals surface area (Å²) in [4.78, 5) is 2.54. The van der Waals surface area contributed by atoms with Crippen LogP contribution in [-0.4, -0.2) is 0 Å². The highest BCUT2D eigenvalue weighted by atomic mass is 15.1. The van der Waals surface area contributed by atoms with Crippen molar-refractivity contribution < 1.29 is 0 Å². The Bertz CT molecular complexity index is 3870. The van der Waals surface area contributed by atoms with E-state index in [1.54, 1.807) is 0 Å². The standard InChI is InChI=1S/C70H49N/c1-69(2)59-31-13-9-29-57(59)68-56(30-20-35-64(68)69)55-28-12-19-38-67(55)71(65-36-17-10-23-50(65)48-41-39-47(40-42-48)46-21-4-3-5-22-46)66-37-18-11-24-51(66)49-43-44-63-58(45-49)54-27-8-16-34-62(54)70(63)60-32-14-6-25-52(60)53-26-7-15-33-61(53)70/h3-45H,1-2H3. The molecule has 14 rings (SSSR count). The van der Waals surface area contributed by atoms with Crippen molar-refractivity contribution in [2.75, 3.05) is 4.90 Å². The third kappa shape index (κ3) is 6.00. The van der Waals surface area contributed by atoms with Gasteiger partial charge in [-0.2, -0.15) is 0 Å². The zero-order valence-corrected chi connectivity index (χ0v) is 39.8. The van der Waals surface area contributed by atoms with Gasteiger partial charge in [-0.3, -0.25) is 0 Å². The molecule has 3 aliphatic rings. The van der Waals surface area contributed by atoms with Crippen LogP contribution in [0.3, 0.4) is 0 Å². The number of fused-ring (bicyclic) bond motifs is 13. The molecule has 1 nitrogen and oxygen atoms in total. The minimum atomic E-state index is -0.403. The molecule has 1 heteroatoms. The van der Waals surface area contributed by atoms with E-state index in [4.69, 9.17) is 0 Å². The minimum absolute atomic E-state index is 0.130. The second-order valence-electron chi connectivity index (χ2n) is 19.9. The highest BCUT2D eigenvalue weighted by molar-refractivity contribution is 6.03. The van der Waals surface area contributed by atoms with Gasteiger partial charge >= 0.3 is 0 Å². The lowest BCUT2D eigenvalue weighted by Gasteiger charge is -2.32. The molecular formula is C70H49N. The van der Waals surface area contributed by atoms with E-state index in [1.165, 1.54) is 94.6 Å². The van der Waals surface area contributed by atoms with E-state index in [2.05, 4.69) is 280 Å². The van der Waals surface area contributed by atoms with E-state index in [0.29, 0.717) is 0 Å². The molecule has 1 spiro atoms. The van der Waals surface area contributed by atoms with Gasteiger partial charge in [0.1, 0.15) is 0 Å². The van der Waals surface area contributed by atoms with Gasteiger partial charge in [0.05, 0.1) is 22.5 Å². The lowest BCUT2D eigenvalue weighted by Crippen LogP contribution is -2.25. The Morgan fingerprint density at radius 2 is 0.620 bits per heavy atom. The molecule has 3 aliphatic carbocycles. The molecule has 334 valence electrons. The second-order valence-corrected chi connectivity index (χ2v) is 19.9. The van der Waals surface area contributed by atoms with Crippen LogP contribution in [0.25, 0.3) is 77.9 Å². The van der Waals surface area contributed by atoms with Crippen LogP contribution in [-0.2, 0) is 10.8 Å². The van der Waals surface area contributed by atoms with Crippen LogP contribution in [0.2, 0.25) is 0 Å². The molecule has 0 fully saturated rings. The number of para-hydroxylation sites is 3. The van der Waals surface area contributed by atoms with Crippen molar-refractivity contribution in [1.29, 1.82) is 0 Å². The molecule has 0 saturated carbocycles. The van der Waals surface area contributed by atoms with Gasteiger partial charge in [0.15, 0.2) is 0 Å². The van der Waals surface area contributed by atoms with Crippen molar-refractivity contribution in [3.63, 3.8) is 0 Å². The molecule has 0 saturated heterocycles. The van der Waals surface area contributed by atoms with E-state index in [9.17, 15) is 0 Å². The third-order valence-electron chi connectivity index (χ3n) is 15.9. The maximum Gasteiger partial charge on any atom is 0.0725 e. The minimum Gasteiger partial charge on any atom is -0.309 e. The third-order valence-corrected chi connectivity index (χ3v) is 15.9. The SMILES string of the molecule is CC1(C)c2ccccc2-c2c(-c3ccccc3N(c3ccccc3-c3ccc(-c4ccccc4)cc3)c3ccccc3-c3ccc4c(c3)-c3ccccc3C43c4ccccc4-c4ccccc43)cccc21. The smallest absolute Gasteiger partial charge is 0.0725 e. The van der Waals surface area contributed by atoms with E-state index in [0.717, 1.165) is 33.8 Å². The molecule has 0 unspecified atom stereocenters. The molecule has 0 heterocycles. The zero-order valence-electron chi connectivity index (χ0n) is 39.8. The molecule has 0 radical (unpaired) electrons. The number of benzene rings is 11. The number of rotatable bonds is 7. The summed E-state index contributed by atoms with van der Waals surface area (Å²) in [7, 11) is 0. The average molecular weight is 904 g/mol. The lowest BCUT2D eigenvalue weighted by atomic mass is 9.70. The Labute approximate surface area is 416 Å². The molecule has 0 aliphatic heterocycles. The van der Waals surface area contributed by atoms with Gasteiger partial charge in [-0.1, -0.05) is 250 Å². The highest BCUT2D eigenvalue weighted by Gasteiger charge is 2.51.